The van der Waals surface area contributed by atoms with Crippen molar-refractivity contribution in [2.24, 2.45) is 0 Å². The largest absolute Gasteiger partial charge is 0.375 e. The Hall–Kier alpha value is -2.75. The molecule has 0 bridgehead atoms. The van der Waals surface area contributed by atoms with Gasteiger partial charge in [0.2, 0.25) is 0 Å². The number of fused-ring (bicyclic) bond motifs is 6. The summed E-state index contributed by atoms with van der Waals surface area (Å²) in [6, 6.07) is 14.2. The van der Waals surface area contributed by atoms with Crippen molar-refractivity contribution in [3.63, 3.8) is 0 Å². The maximum Gasteiger partial charge on any atom is 0.304 e. The van der Waals surface area contributed by atoms with Crippen molar-refractivity contribution in [2.75, 3.05) is 13.2 Å². The molecule has 0 aliphatic heterocycles. The Balaban J connectivity index is 0.940. The van der Waals surface area contributed by atoms with E-state index in [2.05, 4.69) is 11.4 Å². The molecule has 49 heavy (non-hydrogen) atoms. The van der Waals surface area contributed by atoms with Crippen LogP contribution in [0, 0.1) is 0 Å². The molecule has 2 aliphatic rings. The number of aromatic nitrogens is 4. The van der Waals surface area contributed by atoms with Crippen molar-refractivity contribution >= 4 is 79.2 Å². The summed E-state index contributed by atoms with van der Waals surface area (Å²) in [6.45, 7) is 1.49. The molecule has 0 fully saturated rings. The second kappa shape index (κ2) is 13.1. The number of rotatable bonds is 11. The van der Waals surface area contributed by atoms with E-state index in [9.17, 15) is 13.0 Å². The van der Waals surface area contributed by atoms with Crippen molar-refractivity contribution < 1.29 is 22.4 Å². The quantitative estimate of drug-likeness (QED) is 0.103. The highest BCUT2D eigenvalue weighted by molar-refractivity contribution is 7.88. The lowest BCUT2D eigenvalue weighted by atomic mass is 10.1. The van der Waals surface area contributed by atoms with Crippen LogP contribution in [0.15, 0.2) is 58.1 Å². The summed E-state index contributed by atoms with van der Waals surface area (Å²) in [6.07, 6.45) is 1.90. The molecule has 2 aliphatic carbocycles. The Morgan fingerprint density at radius 1 is 0.755 bits per heavy atom. The first-order valence-electron chi connectivity index (χ1n) is 15.0. The van der Waals surface area contributed by atoms with Crippen molar-refractivity contribution in [3.05, 3.63) is 108 Å². The van der Waals surface area contributed by atoms with Gasteiger partial charge in [-0.3, -0.25) is 4.55 Å². The normalized spacial score (nSPS) is 13.2. The molecule has 0 radical (unpaired) electrons. The van der Waals surface area contributed by atoms with Crippen LogP contribution in [0.5, 0.6) is 0 Å². The Kier molecular flexibility index (Phi) is 8.93. The molecule has 1 N–H and O–H groups in total. The van der Waals surface area contributed by atoms with E-state index in [1.165, 1.54) is 16.5 Å². The van der Waals surface area contributed by atoms with Gasteiger partial charge in [0.25, 0.3) is 0 Å². The third kappa shape index (κ3) is 6.16. The fourth-order valence-electron chi connectivity index (χ4n) is 6.24. The molecule has 16 heteroatoms. The minimum Gasteiger partial charge on any atom is -0.375 e. The van der Waals surface area contributed by atoms with Gasteiger partial charge < -0.3 is 9.47 Å². The van der Waals surface area contributed by atoms with Crippen molar-refractivity contribution in [1.82, 2.24) is 19.6 Å². The molecule has 9 nitrogen and oxygen atoms in total. The van der Waals surface area contributed by atoms with Gasteiger partial charge in [-0.2, -0.15) is 18.6 Å². The Labute approximate surface area is 309 Å². The molecule has 0 saturated heterocycles. The smallest absolute Gasteiger partial charge is 0.304 e. The average molecular weight is 795 g/mol. The van der Waals surface area contributed by atoms with Gasteiger partial charge in [0.1, 0.15) is 4.21 Å². The van der Waals surface area contributed by atoms with Crippen molar-refractivity contribution in [3.8, 4) is 32.5 Å². The monoisotopic (exact) mass is 792 g/mol. The Morgan fingerprint density at radius 3 is 1.86 bits per heavy atom. The first-order valence-corrected chi connectivity index (χ1v) is 19.7. The third-order valence-corrected chi connectivity index (χ3v) is 12.9. The molecule has 252 valence electrons. The number of hydrogen-bond donors (Lipinski definition) is 1. The maximum absolute atomic E-state index is 11.9. The highest BCUT2D eigenvalue weighted by Crippen LogP contribution is 2.47. The predicted molar refractivity (Wildman–Crippen MR) is 193 cm³/mol. The zero-order valence-corrected chi connectivity index (χ0v) is 30.7. The first-order chi connectivity index (χ1) is 23.6. The van der Waals surface area contributed by atoms with E-state index >= 15 is 0 Å². The second-order valence-corrected chi connectivity index (χ2v) is 16.8. The fraction of sp³-hybridized carbons (Fsp3) is 0.212. The number of thiophene rings is 2. The van der Waals surface area contributed by atoms with E-state index < -0.39 is 10.1 Å². The fourth-order valence-corrected chi connectivity index (χ4v) is 10.1. The minimum absolute atomic E-state index is 0.113. The standard InChI is InChI=1S/C33H24Cl4N4O5S3/c34-19-2-4-27(23(36)13-19)40-30-21(10-17-6-9-47-32(17)30)25(38-40)15-45-7-1-8-46-16-26-22-11-18-12-29(49(42,43)44)48-33(18)31(22)41(39-26)28-5-3-20(35)14-24(28)37/h2-6,9,12-14H,1,7-8,10-11,15-16H2,(H,42,43,44). The number of nitrogens with zero attached hydrogens (tertiary/aromatic N) is 4. The van der Waals surface area contributed by atoms with Crippen LogP contribution in [-0.4, -0.2) is 45.7 Å². The maximum atomic E-state index is 11.9. The number of hydrogen-bond acceptors (Lipinski definition) is 8. The van der Waals surface area contributed by atoms with Crippen LogP contribution in [0.4, 0.5) is 0 Å². The molecular formula is C33H24Cl4N4O5S3. The lowest BCUT2D eigenvalue weighted by Crippen LogP contribution is -2.05. The highest BCUT2D eigenvalue weighted by Gasteiger charge is 2.33. The minimum atomic E-state index is -4.34. The number of halogens is 4. The van der Waals surface area contributed by atoms with Gasteiger partial charge in [0.05, 0.1) is 67.2 Å². The molecule has 4 heterocycles. The SMILES string of the molecule is O=S(=O)(O)c1cc2c(s1)-c1c(c(COCCCOCc3nn(-c4ccc(Cl)cc4Cl)c4c3Cc3ccsc3-4)nn1-c1ccc(Cl)cc1Cl)C2. The summed E-state index contributed by atoms with van der Waals surface area (Å²) in [5, 5.41) is 13.8. The van der Waals surface area contributed by atoms with Crippen LogP contribution in [0.3, 0.4) is 0 Å². The molecule has 2 aromatic carbocycles. The van der Waals surface area contributed by atoms with E-state index in [4.69, 9.17) is 66.1 Å². The summed E-state index contributed by atoms with van der Waals surface area (Å²) in [5.74, 6) is 0. The van der Waals surface area contributed by atoms with Crippen LogP contribution < -0.4 is 0 Å². The molecule has 0 unspecified atom stereocenters. The summed E-state index contributed by atoms with van der Waals surface area (Å²) < 4.78 is 49.0. The van der Waals surface area contributed by atoms with Gasteiger partial charge in [-0.15, -0.1) is 22.7 Å². The van der Waals surface area contributed by atoms with Gasteiger partial charge in [-0.1, -0.05) is 46.4 Å². The molecule has 4 aromatic heterocycles. The molecule has 0 spiro atoms. The lowest BCUT2D eigenvalue weighted by molar-refractivity contribution is 0.0668. The summed E-state index contributed by atoms with van der Waals surface area (Å²) in [5.41, 5.74) is 8.85. The Morgan fingerprint density at radius 2 is 1.31 bits per heavy atom. The summed E-state index contributed by atoms with van der Waals surface area (Å²) >= 11 is 28.1. The second-order valence-electron chi connectivity index (χ2n) is 11.5. The predicted octanol–water partition coefficient (Wildman–Crippen LogP) is 9.31. The lowest BCUT2D eigenvalue weighted by Gasteiger charge is -2.08. The van der Waals surface area contributed by atoms with Gasteiger partial charge in [-0.05, 0) is 71.5 Å². The van der Waals surface area contributed by atoms with E-state index in [0.717, 1.165) is 57.2 Å². The average Bonchev–Trinajstić information content (AvgIpc) is 3.86. The summed E-state index contributed by atoms with van der Waals surface area (Å²) in [4.78, 5) is 1.90. The first kappa shape index (κ1) is 33.4. The Bertz CT molecular complexity index is 2380. The zero-order valence-electron chi connectivity index (χ0n) is 25.3. The number of ether oxygens (including phenoxy) is 2. The van der Waals surface area contributed by atoms with E-state index in [0.29, 0.717) is 69.0 Å². The third-order valence-electron chi connectivity index (χ3n) is 8.42. The summed E-state index contributed by atoms with van der Waals surface area (Å²) in [7, 11) is -4.34. The van der Waals surface area contributed by atoms with Crippen LogP contribution in [0.25, 0.3) is 32.5 Å². The van der Waals surface area contributed by atoms with Gasteiger partial charge in [-0.25, -0.2) is 9.36 Å². The van der Waals surface area contributed by atoms with Gasteiger partial charge >= 0.3 is 10.1 Å². The van der Waals surface area contributed by atoms with Crippen LogP contribution in [-0.2, 0) is 45.6 Å². The molecule has 6 aromatic rings. The highest BCUT2D eigenvalue weighted by atomic mass is 35.5. The topological polar surface area (TPSA) is 108 Å². The van der Waals surface area contributed by atoms with E-state index in [1.54, 1.807) is 40.3 Å². The van der Waals surface area contributed by atoms with Crippen LogP contribution in [0.1, 0.15) is 40.1 Å². The zero-order chi connectivity index (χ0) is 34.0. The van der Waals surface area contributed by atoms with E-state index in [1.807, 2.05) is 16.8 Å². The van der Waals surface area contributed by atoms with Crippen molar-refractivity contribution in [1.29, 1.82) is 0 Å². The molecular weight excluding hydrogens is 770 g/mol. The molecule has 0 amide bonds. The van der Waals surface area contributed by atoms with Crippen molar-refractivity contribution in [2.45, 2.75) is 36.7 Å². The molecule has 8 rings (SSSR count). The van der Waals surface area contributed by atoms with Gasteiger partial charge in [0.15, 0.2) is 0 Å². The van der Waals surface area contributed by atoms with Crippen LogP contribution >= 0.6 is 69.1 Å². The molecule has 0 atom stereocenters. The van der Waals surface area contributed by atoms with E-state index in [-0.39, 0.29) is 10.8 Å². The molecule has 0 saturated carbocycles. The van der Waals surface area contributed by atoms with Crippen LogP contribution in [0.2, 0.25) is 20.1 Å². The van der Waals surface area contributed by atoms with Gasteiger partial charge in [0, 0.05) is 47.2 Å². The number of benzene rings is 2.